The number of benzene rings is 2. The van der Waals surface area contributed by atoms with Gasteiger partial charge in [-0.2, -0.15) is 0 Å². The quantitative estimate of drug-likeness (QED) is 0.527. The molecule has 0 spiro atoms. The Morgan fingerprint density at radius 3 is 2.62 bits per heavy atom. The Morgan fingerprint density at radius 2 is 1.83 bits per heavy atom. The predicted molar refractivity (Wildman–Crippen MR) is 116 cm³/mol. The minimum absolute atomic E-state index is 0.0359. The fourth-order valence-electron chi connectivity index (χ4n) is 3.61. The molecule has 5 nitrogen and oxygen atoms in total. The Kier molecular flexibility index (Phi) is 5.38. The van der Waals surface area contributed by atoms with E-state index in [9.17, 15) is 4.79 Å². The second kappa shape index (κ2) is 8.27. The van der Waals surface area contributed by atoms with Gasteiger partial charge in [0.1, 0.15) is 5.82 Å². The Morgan fingerprint density at radius 1 is 1.07 bits per heavy atom. The Bertz CT molecular complexity index is 1130. The highest BCUT2D eigenvalue weighted by molar-refractivity contribution is 5.99. The minimum atomic E-state index is -0.0359. The first-order valence-electron chi connectivity index (χ1n) is 9.90. The Balaban J connectivity index is 1.59. The average Bonchev–Trinajstić information content (AvgIpc) is 3.18. The average molecular weight is 384 g/mol. The molecule has 4 rings (SSSR count). The molecule has 2 aromatic carbocycles. The smallest absolute Gasteiger partial charge is 0.257 e. The van der Waals surface area contributed by atoms with Crippen molar-refractivity contribution in [3.8, 4) is 11.3 Å². The van der Waals surface area contributed by atoms with Gasteiger partial charge in [-0.05, 0) is 31.9 Å². The summed E-state index contributed by atoms with van der Waals surface area (Å²) in [6.07, 6.45) is 4.48. The first-order chi connectivity index (χ1) is 14.2. The molecule has 29 heavy (non-hydrogen) atoms. The number of nitrogens with one attached hydrogen (secondary N) is 1. The molecule has 4 aromatic rings. The Labute approximate surface area is 170 Å². The van der Waals surface area contributed by atoms with Crippen molar-refractivity contribution in [3.05, 3.63) is 83.9 Å². The van der Waals surface area contributed by atoms with Crippen molar-refractivity contribution in [2.45, 2.75) is 20.3 Å². The number of fused-ring (bicyclic) bond motifs is 1. The standard InChI is InChI=1S/C24H24N4O/c1-3-28(14-13-19-15-26-22-12-8-7-11-20(19)22)24(29)21-16-25-17(2)27-23(21)18-9-5-4-6-10-18/h4-12,15-16,26H,3,13-14H2,1-2H3. The molecule has 0 unspecified atom stereocenters. The summed E-state index contributed by atoms with van der Waals surface area (Å²) in [7, 11) is 0. The normalized spacial score (nSPS) is 11.0. The second-order valence-corrected chi connectivity index (χ2v) is 7.04. The molecule has 0 saturated heterocycles. The number of hydrogen-bond donors (Lipinski definition) is 1. The van der Waals surface area contributed by atoms with Gasteiger partial charge in [0.15, 0.2) is 0 Å². The summed E-state index contributed by atoms with van der Waals surface area (Å²) in [5, 5.41) is 1.21. The SMILES string of the molecule is CCN(CCc1c[nH]c2ccccc12)C(=O)c1cnc(C)nc1-c1ccccc1. The van der Waals surface area contributed by atoms with E-state index in [2.05, 4.69) is 27.1 Å². The molecule has 5 heteroatoms. The number of aromatic nitrogens is 3. The molecule has 0 radical (unpaired) electrons. The molecule has 2 heterocycles. The van der Waals surface area contributed by atoms with E-state index in [1.165, 1.54) is 10.9 Å². The molecule has 0 aliphatic carbocycles. The zero-order valence-electron chi connectivity index (χ0n) is 16.7. The third-order valence-corrected chi connectivity index (χ3v) is 5.18. The molecule has 146 valence electrons. The fourth-order valence-corrected chi connectivity index (χ4v) is 3.61. The maximum absolute atomic E-state index is 13.3. The van der Waals surface area contributed by atoms with Crippen LogP contribution in [0.15, 0.2) is 67.0 Å². The van der Waals surface area contributed by atoms with Crippen molar-refractivity contribution in [2.24, 2.45) is 0 Å². The summed E-state index contributed by atoms with van der Waals surface area (Å²) in [6, 6.07) is 18.1. The van der Waals surface area contributed by atoms with Crippen LogP contribution in [0.25, 0.3) is 22.2 Å². The second-order valence-electron chi connectivity index (χ2n) is 7.04. The number of hydrogen-bond acceptors (Lipinski definition) is 3. The predicted octanol–water partition coefficient (Wildman–Crippen LogP) is 4.64. The zero-order valence-corrected chi connectivity index (χ0v) is 16.7. The number of rotatable bonds is 6. The summed E-state index contributed by atoms with van der Waals surface area (Å²) in [6.45, 7) is 5.11. The molecule has 0 saturated carbocycles. The van der Waals surface area contributed by atoms with Crippen LogP contribution in [0.1, 0.15) is 28.7 Å². The number of likely N-dealkylation sites (N-methyl/N-ethyl adjacent to an activating group) is 1. The van der Waals surface area contributed by atoms with Crippen molar-refractivity contribution >= 4 is 16.8 Å². The van der Waals surface area contributed by atoms with E-state index in [1.54, 1.807) is 6.20 Å². The summed E-state index contributed by atoms with van der Waals surface area (Å²) >= 11 is 0. The topological polar surface area (TPSA) is 61.9 Å². The lowest BCUT2D eigenvalue weighted by atomic mass is 10.1. The summed E-state index contributed by atoms with van der Waals surface area (Å²) in [5.74, 6) is 0.619. The number of aryl methyl sites for hydroxylation is 1. The van der Waals surface area contributed by atoms with Gasteiger partial charge in [0.05, 0.1) is 11.3 Å². The van der Waals surface area contributed by atoms with Gasteiger partial charge in [0.25, 0.3) is 5.91 Å². The number of carbonyl (C=O) groups excluding carboxylic acids is 1. The third kappa shape index (κ3) is 3.90. The van der Waals surface area contributed by atoms with E-state index in [4.69, 9.17) is 0 Å². The number of carbonyl (C=O) groups is 1. The van der Waals surface area contributed by atoms with Crippen LogP contribution in [0.5, 0.6) is 0 Å². The highest BCUT2D eigenvalue weighted by Gasteiger charge is 2.20. The summed E-state index contributed by atoms with van der Waals surface area (Å²) in [5.41, 5.74) is 4.50. The van der Waals surface area contributed by atoms with Gasteiger partial charge in [-0.3, -0.25) is 4.79 Å². The fraction of sp³-hybridized carbons (Fsp3) is 0.208. The molecule has 0 bridgehead atoms. The first-order valence-corrected chi connectivity index (χ1v) is 9.90. The molecular formula is C24H24N4O. The zero-order chi connectivity index (χ0) is 20.2. The largest absolute Gasteiger partial charge is 0.361 e. The van der Waals surface area contributed by atoms with E-state index < -0.39 is 0 Å². The van der Waals surface area contributed by atoms with Gasteiger partial charge >= 0.3 is 0 Å². The first kappa shape index (κ1) is 18.9. The number of aromatic amines is 1. The monoisotopic (exact) mass is 384 g/mol. The van der Waals surface area contributed by atoms with Gasteiger partial charge in [-0.15, -0.1) is 0 Å². The van der Waals surface area contributed by atoms with E-state index in [0.717, 1.165) is 17.5 Å². The summed E-state index contributed by atoms with van der Waals surface area (Å²) < 4.78 is 0. The van der Waals surface area contributed by atoms with Crippen LogP contribution in [0.3, 0.4) is 0 Å². The molecule has 1 N–H and O–H groups in total. The maximum Gasteiger partial charge on any atom is 0.257 e. The van der Waals surface area contributed by atoms with Crippen LogP contribution < -0.4 is 0 Å². The van der Waals surface area contributed by atoms with Crippen LogP contribution in [0, 0.1) is 6.92 Å². The van der Waals surface area contributed by atoms with Gasteiger partial charge in [0.2, 0.25) is 0 Å². The lowest BCUT2D eigenvalue weighted by molar-refractivity contribution is 0.0766. The summed E-state index contributed by atoms with van der Waals surface area (Å²) in [4.78, 5) is 27.4. The molecule has 0 fully saturated rings. The van der Waals surface area contributed by atoms with E-state index in [0.29, 0.717) is 30.2 Å². The van der Waals surface area contributed by atoms with Gasteiger partial charge in [-0.1, -0.05) is 48.5 Å². The molecule has 0 aliphatic rings. The van der Waals surface area contributed by atoms with Crippen LogP contribution in [0.4, 0.5) is 0 Å². The minimum Gasteiger partial charge on any atom is -0.361 e. The lowest BCUT2D eigenvalue weighted by Gasteiger charge is -2.22. The van der Waals surface area contributed by atoms with Gasteiger partial charge in [0, 0.05) is 41.9 Å². The molecule has 0 atom stereocenters. The van der Waals surface area contributed by atoms with Crippen molar-refractivity contribution < 1.29 is 4.79 Å². The number of H-pyrrole nitrogens is 1. The van der Waals surface area contributed by atoms with Crippen molar-refractivity contribution in [1.29, 1.82) is 0 Å². The van der Waals surface area contributed by atoms with Crippen LogP contribution in [-0.4, -0.2) is 38.8 Å². The number of nitrogens with zero attached hydrogens (tertiary/aromatic N) is 3. The van der Waals surface area contributed by atoms with Gasteiger partial charge in [-0.25, -0.2) is 9.97 Å². The number of para-hydroxylation sites is 1. The molecule has 1 amide bonds. The molecule has 2 aromatic heterocycles. The van der Waals surface area contributed by atoms with Crippen molar-refractivity contribution in [3.63, 3.8) is 0 Å². The van der Waals surface area contributed by atoms with Crippen LogP contribution in [-0.2, 0) is 6.42 Å². The highest BCUT2D eigenvalue weighted by Crippen LogP contribution is 2.23. The van der Waals surface area contributed by atoms with E-state index in [-0.39, 0.29) is 5.91 Å². The third-order valence-electron chi connectivity index (χ3n) is 5.18. The Hall–Kier alpha value is -3.47. The van der Waals surface area contributed by atoms with Crippen molar-refractivity contribution in [2.75, 3.05) is 13.1 Å². The van der Waals surface area contributed by atoms with Crippen LogP contribution in [0.2, 0.25) is 0 Å². The molecule has 0 aliphatic heterocycles. The lowest BCUT2D eigenvalue weighted by Crippen LogP contribution is -2.33. The highest BCUT2D eigenvalue weighted by atomic mass is 16.2. The van der Waals surface area contributed by atoms with E-state index in [1.807, 2.05) is 67.4 Å². The van der Waals surface area contributed by atoms with Crippen LogP contribution >= 0.6 is 0 Å². The number of amides is 1. The molecular weight excluding hydrogens is 360 g/mol. The van der Waals surface area contributed by atoms with E-state index >= 15 is 0 Å². The maximum atomic E-state index is 13.3. The van der Waals surface area contributed by atoms with Crippen molar-refractivity contribution in [1.82, 2.24) is 19.9 Å². The van der Waals surface area contributed by atoms with Gasteiger partial charge < -0.3 is 9.88 Å².